The molecule has 3 aliphatic rings. The van der Waals surface area contributed by atoms with E-state index < -0.39 is 18.1 Å². The first kappa shape index (κ1) is 10.4. The SMILES string of the molecule is C[NH+]1C(=O)C2=CC3C(=O)NC(=O)C3C=C2C1O. The van der Waals surface area contributed by atoms with Crippen molar-refractivity contribution < 1.29 is 24.4 Å². The summed E-state index contributed by atoms with van der Waals surface area (Å²) in [5.41, 5.74) is 0.819. The van der Waals surface area contributed by atoms with E-state index in [0.717, 1.165) is 0 Å². The number of nitrogens with one attached hydrogen (secondary N) is 2. The summed E-state index contributed by atoms with van der Waals surface area (Å²) in [5.74, 6) is -2.19. The third-order valence-electron chi connectivity index (χ3n) is 3.56. The minimum Gasteiger partial charge on any atom is -0.341 e. The van der Waals surface area contributed by atoms with Crippen molar-refractivity contribution in [2.75, 3.05) is 7.05 Å². The van der Waals surface area contributed by atoms with Crippen LogP contribution in [-0.2, 0) is 14.4 Å². The molecule has 88 valence electrons. The molecule has 0 bridgehead atoms. The molecule has 1 aliphatic carbocycles. The van der Waals surface area contributed by atoms with E-state index >= 15 is 0 Å². The van der Waals surface area contributed by atoms with E-state index in [9.17, 15) is 19.5 Å². The van der Waals surface area contributed by atoms with Crippen LogP contribution in [0.4, 0.5) is 0 Å². The van der Waals surface area contributed by atoms with Crippen LogP contribution in [0.5, 0.6) is 0 Å². The Kier molecular flexibility index (Phi) is 1.90. The van der Waals surface area contributed by atoms with Crippen molar-refractivity contribution in [1.82, 2.24) is 5.32 Å². The Balaban J connectivity index is 2.11. The van der Waals surface area contributed by atoms with E-state index in [1.165, 1.54) is 6.08 Å². The Morgan fingerprint density at radius 2 is 1.76 bits per heavy atom. The molecule has 0 aromatic heterocycles. The topological polar surface area (TPSA) is 87.9 Å². The van der Waals surface area contributed by atoms with Crippen molar-refractivity contribution in [2.45, 2.75) is 6.23 Å². The summed E-state index contributed by atoms with van der Waals surface area (Å²) in [6.07, 6.45) is 2.10. The van der Waals surface area contributed by atoms with Crippen molar-refractivity contribution in [1.29, 1.82) is 0 Å². The molecule has 2 saturated heterocycles. The van der Waals surface area contributed by atoms with Gasteiger partial charge in [0.25, 0.3) is 0 Å². The smallest absolute Gasteiger partial charge is 0.341 e. The molecule has 0 saturated carbocycles. The van der Waals surface area contributed by atoms with Crippen LogP contribution in [0.3, 0.4) is 0 Å². The number of amides is 3. The quantitative estimate of drug-likeness (QED) is 0.393. The standard InChI is InChI=1S/C11H10N2O4/c1-13-10(16)6-2-4-5(3-7(6)11(13)17)9(15)12-8(4)14/h2-5,10,16H,1H3,(H,12,14,15)/p+1. The van der Waals surface area contributed by atoms with E-state index in [4.69, 9.17) is 0 Å². The van der Waals surface area contributed by atoms with E-state index in [-0.39, 0.29) is 17.7 Å². The van der Waals surface area contributed by atoms with Crippen LogP contribution in [0.15, 0.2) is 23.3 Å². The Hall–Kier alpha value is -1.79. The largest absolute Gasteiger partial charge is 0.346 e. The van der Waals surface area contributed by atoms with Gasteiger partial charge < -0.3 is 5.11 Å². The molecule has 2 fully saturated rings. The number of aliphatic hydroxyl groups is 1. The molecular formula is C11H11N2O4+. The highest BCUT2D eigenvalue weighted by Gasteiger charge is 2.50. The monoisotopic (exact) mass is 235 g/mol. The molecule has 0 aromatic rings. The average Bonchev–Trinajstić information content (AvgIpc) is 2.70. The zero-order valence-corrected chi connectivity index (χ0v) is 9.06. The number of fused-ring (bicyclic) bond motifs is 2. The maximum Gasteiger partial charge on any atom is 0.346 e. The molecule has 3 N–H and O–H groups in total. The van der Waals surface area contributed by atoms with Crippen molar-refractivity contribution in [3.8, 4) is 0 Å². The number of rotatable bonds is 0. The van der Waals surface area contributed by atoms with Gasteiger partial charge in [0.15, 0.2) is 0 Å². The van der Waals surface area contributed by atoms with E-state index in [0.29, 0.717) is 16.0 Å². The molecule has 4 unspecified atom stereocenters. The first-order valence-electron chi connectivity index (χ1n) is 5.35. The molecule has 17 heavy (non-hydrogen) atoms. The molecule has 2 aliphatic heterocycles. The second kappa shape index (κ2) is 3.12. The van der Waals surface area contributed by atoms with Crippen molar-refractivity contribution in [3.63, 3.8) is 0 Å². The minimum atomic E-state index is -0.946. The van der Waals surface area contributed by atoms with Gasteiger partial charge in [0.05, 0.1) is 30.0 Å². The zero-order chi connectivity index (χ0) is 12.3. The fourth-order valence-corrected chi connectivity index (χ4v) is 2.55. The summed E-state index contributed by atoms with van der Waals surface area (Å²) in [6.45, 7) is 0. The summed E-state index contributed by atoms with van der Waals surface area (Å²) >= 11 is 0. The number of quaternary nitrogens is 1. The van der Waals surface area contributed by atoms with Gasteiger partial charge in [0.2, 0.25) is 18.0 Å². The predicted molar refractivity (Wildman–Crippen MR) is 54.2 cm³/mol. The van der Waals surface area contributed by atoms with Crippen molar-refractivity contribution in [2.24, 2.45) is 11.8 Å². The second-order valence-corrected chi connectivity index (χ2v) is 4.52. The first-order chi connectivity index (χ1) is 8.00. The van der Waals surface area contributed by atoms with E-state index in [2.05, 4.69) is 5.32 Å². The molecular weight excluding hydrogens is 224 g/mol. The number of carbonyl (C=O) groups is 3. The molecule has 6 nitrogen and oxygen atoms in total. The zero-order valence-electron chi connectivity index (χ0n) is 9.06. The van der Waals surface area contributed by atoms with Crippen molar-refractivity contribution >= 4 is 17.7 Å². The second-order valence-electron chi connectivity index (χ2n) is 4.52. The number of likely N-dealkylation sites (N-methyl/N-ethyl adjacent to an activating group) is 1. The Morgan fingerprint density at radius 1 is 1.18 bits per heavy atom. The lowest BCUT2D eigenvalue weighted by Crippen LogP contribution is -3.13. The molecule has 3 amide bonds. The number of imide groups is 1. The lowest BCUT2D eigenvalue weighted by Gasteiger charge is -2.14. The third-order valence-corrected chi connectivity index (χ3v) is 3.56. The normalized spacial score (nSPS) is 39.5. The van der Waals surface area contributed by atoms with Gasteiger partial charge in [-0.1, -0.05) is 12.2 Å². The molecule has 0 aromatic carbocycles. The summed E-state index contributed by atoms with van der Waals surface area (Å²) in [4.78, 5) is 35.1. The van der Waals surface area contributed by atoms with Gasteiger partial charge in [-0.05, 0) is 0 Å². The molecule has 2 heterocycles. The predicted octanol–water partition coefficient (Wildman–Crippen LogP) is -2.89. The highest BCUT2D eigenvalue weighted by atomic mass is 16.3. The average molecular weight is 235 g/mol. The molecule has 0 radical (unpaired) electrons. The molecule has 6 heteroatoms. The third kappa shape index (κ3) is 1.19. The van der Waals surface area contributed by atoms with Crippen LogP contribution < -0.4 is 10.2 Å². The maximum atomic E-state index is 11.8. The van der Waals surface area contributed by atoms with Gasteiger partial charge in [0.1, 0.15) is 0 Å². The van der Waals surface area contributed by atoms with Crippen LogP contribution in [0, 0.1) is 11.8 Å². The van der Waals surface area contributed by atoms with Crippen LogP contribution in [0.1, 0.15) is 0 Å². The Bertz CT molecular complexity index is 520. The minimum absolute atomic E-state index is 0.241. The van der Waals surface area contributed by atoms with E-state index in [1.54, 1.807) is 13.1 Å². The molecule has 0 spiro atoms. The summed E-state index contributed by atoms with van der Waals surface area (Å²) < 4.78 is 0. The summed E-state index contributed by atoms with van der Waals surface area (Å²) in [7, 11) is 1.56. The Labute approximate surface area is 96.6 Å². The Morgan fingerprint density at radius 3 is 2.41 bits per heavy atom. The van der Waals surface area contributed by atoms with Gasteiger partial charge in [0, 0.05) is 0 Å². The van der Waals surface area contributed by atoms with Crippen LogP contribution >= 0.6 is 0 Å². The lowest BCUT2D eigenvalue weighted by molar-refractivity contribution is -0.837. The number of carbonyl (C=O) groups excluding carboxylic acids is 3. The van der Waals surface area contributed by atoms with Crippen LogP contribution in [0.2, 0.25) is 0 Å². The fraction of sp³-hybridized carbons (Fsp3) is 0.364. The molecule has 4 atom stereocenters. The van der Waals surface area contributed by atoms with Crippen LogP contribution in [-0.4, -0.2) is 36.1 Å². The maximum absolute atomic E-state index is 11.8. The number of hydrogen-bond acceptors (Lipinski definition) is 4. The lowest BCUT2D eigenvalue weighted by atomic mass is 9.84. The number of hydrogen-bond donors (Lipinski definition) is 3. The highest BCUT2D eigenvalue weighted by molar-refractivity contribution is 6.09. The van der Waals surface area contributed by atoms with Crippen LogP contribution in [0.25, 0.3) is 0 Å². The van der Waals surface area contributed by atoms with Gasteiger partial charge in [-0.15, -0.1) is 0 Å². The fourth-order valence-electron chi connectivity index (χ4n) is 2.55. The van der Waals surface area contributed by atoms with Crippen molar-refractivity contribution in [3.05, 3.63) is 23.3 Å². The number of likely N-dealkylation sites (tertiary alicyclic amines) is 1. The number of aliphatic hydroxyl groups excluding tert-OH is 1. The summed E-state index contributed by atoms with van der Waals surface area (Å²) in [5, 5.41) is 12.1. The van der Waals surface area contributed by atoms with Gasteiger partial charge in [-0.3, -0.25) is 14.9 Å². The van der Waals surface area contributed by atoms with Gasteiger partial charge in [-0.25, -0.2) is 9.69 Å². The van der Waals surface area contributed by atoms with Gasteiger partial charge in [-0.2, -0.15) is 0 Å². The van der Waals surface area contributed by atoms with Gasteiger partial charge >= 0.3 is 5.91 Å². The first-order valence-corrected chi connectivity index (χ1v) is 5.35. The van der Waals surface area contributed by atoms with E-state index in [1.807, 2.05) is 0 Å². The highest BCUT2D eigenvalue weighted by Crippen LogP contribution is 2.33. The summed E-state index contributed by atoms with van der Waals surface area (Å²) in [6, 6.07) is 0. The molecule has 3 rings (SSSR count).